The minimum atomic E-state index is -0.902. The zero-order chi connectivity index (χ0) is 9.61. The average molecular weight is 191 g/mol. The molecule has 0 saturated heterocycles. The lowest BCUT2D eigenvalue weighted by atomic mass is 10.0. The normalized spacial score (nSPS) is 14.8. The number of carbonyl (C=O) groups excluding carboxylic acids is 1. The lowest BCUT2D eigenvalue weighted by molar-refractivity contribution is -0.138. The number of amides is 1. The van der Waals surface area contributed by atoms with Gasteiger partial charge in [0.25, 0.3) is 0 Å². The molecule has 0 aromatic rings. The van der Waals surface area contributed by atoms with Crippen molar-refractivity contribution >= 4 is 24.1 Å². The number of hydrogen-bond donors (Lipinski definition) is 2. The number of rotatable bonds is 6. The Kier molecular flexibility index (Phi) is 4.73. The van der Waals surface area contributed by atoms with Gasteiger partial charge in [-0.3, -0.25) is 9.59 Å². The summed E-state index contributed by atoms with van der Waals surface area (Å²) < 4.78 is 0. The van der Waals surface area contributed by atoms with Crippen molar-refractivity contribution in [3.8, 4) is 0 Å². The van der Waals surface area contributed by atoms with Gasteiger partial charge in [0.2, 0.25) is 6.41 Å². The zero-order valence-electron chi connectivity index (χ0n) is 7.16. The molecule has 0 radical (unpaired) electrons. The number of hydrogen-bond acceptors (Lipinski definition) is 3. The molecule has 0 saturated carbocycles. The van der Waals surface area contributed by atoms with Gasteiger partial charge in [-0.05, 0) is 13.2 Å². The summed E-state index contributed by atoms with van der Waals surface area (Å²) in [6.45, 7) is 1.71. The number of aliphatic carboxylic acids is 1. The van der Waals surface area contributed by atoms with E-state index in [2.05, 4.69) is 5.32 Å². The first kappa shape index (κ1) is 11.3. The van der Waals surface area contributed by atoms with Crippen molar-refractivity contribution in [3.05, 3.63) is 0 Å². The molecule has 0 aliphatic rings. The Bertz CT molecular complexity index is 174. The van der Waals surface area contributed by atoms with Crippen LogP contribution < -0.4 is 5.32 Å². The zero-order valence-corrected chi connectivity index (χ0v) is 7.98. The predicted octanol–water partition coefficient (Wildman–Crippen LogP) is 0.329. The van der Waals surface area contributed by atoms with Crippen molar-refractivity contribution in [2.45, 2.75) is 18.9 Å². The average Bonchev–Trinajstić information content (AvgIpc) is 1.85. The maximum Gasteiger partial charge on any atom is 0.305 e. The van der Waals surface area contributed by atoms with Crippen molar-refractivity contribution in [3.63, 3.8) is 0 Å². The molecule has 12 heavy (non-hydrogen) atoms. The molecule has 70 valence electrons. The summed E-state index contributed by atoms with van der Waals surface area (Å²) in [6, 6.07) is 0. The molecule has 1 amide bonds. The number of carboxylic acids is 1. The van der Waals surface area contributed by atoms with Gasteiger partial charge in [-0.15, -0.1) is 0 Å². The fourth-order valence-electron chi connectivity index (χ4n) is 0.938. The van der Waals surface area contributed by atoms with Crippen molar-refractivity contribution < 1.29 is 14.7 Å². The molecule has 2 N–H and O–H groups in total. The fourth-order valence-corrected chi connectivity index (χ4v) is 1.76. The van der Waals surface area contributed by atoms with E-state index in [0.29, 0.717) is 12.2 Å². The lowest BCUT2D eigenvalue weighted by Crippen LogP contribution is -2.45. The summed E-state index contributed by atoms with van der Waals surface area (Å²) in [7, 11) is 0. The second kappa shape index (κ2) is 5.03. The van der Waals surface area contributed by atoms with Crippen molar-refractivity contribution in [1.82, 2.24) is 5.32 Å². The van der Waals surface area contributed by atoms with Crippen molar-refractivity contribution in [2.24, 2.45) is 0 Å². The van der Waals surface area contributed by atoms with Crippen LogP contribution in [0.15, 0.2) is 0 Å². The molecule has 0 aliphatic heterocycles. The maximum absolute atomic E-state index is 10.4. The van der Waals surface area contributed by atoms with Gasteiger partial charge in [0.15, 0.2) is 0 Å². The quantitative estimate of drug-likeness (QED) is 0.594. The van der Waals surface area contributed by atoms with E-state index in [-0.39, 0.29) is 6.42 Å². The van der Waals surface area contributed by atoms with Crippen molar-refractivity contribution in [1.29, 1.82) is 0 Å². The summed E-state index contributed by atoms with van der Waals surface area (Å²) in [4.78, 5) is 20.6. The summed E-state index contributed by atoms with van der Waals surface area (Å²) in [5.74, 6) is -0.307. The fraction of sp³-hybridized carbons (Fsp3) is 0.714. The Morgan fingerprint density at radius 2 is 2.33 bits per heavy atom. The van der Waals surface area contributed by atoms with Gasteiger partial charge in [-0.2, -0.15) is 11.8 Å². The van der Waals surface area contributed by atoms with E-state index in [0.717, 1.165) is 0 Å². The second-order valence-corrected chi connectivity index (χ2v) is 3.69. The van der Waals surface area contributed by atoms with Gasteiger partial charge in [0.1, 0.15) is 0 Å². The van der Waals surface area contributed by atoms with Crippen LogP contribution in [-0.4, -0.2) is 35.0 Å². The van der Waals surface area contributed by atoms with Crippen LogP contribution in [0.1, 0.15) is 13.3 Å². The number of carbonyl (C=O) groups is 2. The highest BCUT2D eigenvalue weighted by Gasteiger charge is 2.25. The van der Waals surface area contributed by atoms with E-state index < -0.39 is 11.5 Å². The maximum atomic E-state index is 10.4. The highest BCUT2D eigenvalue weighted by molar-refractivity contribution is 7.98. The molecule has 0 fully saturated rings. The smallest absolute Gasteiger partial charge is 0.305 e. The van der Waals surface area contributed by atoms with Gasteiger partial charge in [0, 0.05) is 5.75 Å². The molecule has 1 unspecified atom stereocenters. The van der Waals surface area contributed by atoms with E-state index in [1.54, 1.807) is 6.92 Å². The third-order valence-corrected chi connectivity index (χ3v) is 2.34. The first-order valence-corrected chi connectivity index (χ1v) is 4.85. The van der Waals surface area contributed by atoms with Crippen LogP contribution in [0.2, 0.25) is 0 Å². The van der Waals surface area contributed by atoms with Crippen LogP contribution >= 0.6 is 11.8 Å². The van der Waals surface area contributed by atoms with E-state index in [9.17, 15) is 9.59 Å². The first-order valence-electron chi connectivity index (χ1n) is 3.46. The Balaban J connectivity index is 4.15. The highest BCUT2D eigenvalue weighted by atomic mass is 32.2. The summed E-state index contributed by atoms with van der Waals surface area (Å²) in [5.41, 5.74) is -0.632. The molecule has 4 nitrogen and oxygen atoms in total. The van der Waals surface area contributed by atoms with Gasteiger partial charge in [-0.1, -0.05) is 0 Å². The van der Waals surface area contributed by atoms with Crippen LogP contribution in [0.3, 0.4) is 0 Å². The number of thioether (sulfide) groups is 1. The van der Waals surface area contributed by atoms with Crippen LogP contribution in [-0.2, 0) is 9.59 Å². The predicted molar refractivity (Wildman–Crippen MR) is 48.2 cm³/mol. The summed E-state index contributed by atoms with van der Waals surface area (Å²) in [5, 5.41) is 11.0. The first-order chi connectivity index (χ1) is 5.54. The minimum Gasteiger partial charge on any atom is -0.481 e. The Labute approximate surface area is 75.7 Å². The van der Waals surface area contributed by atoms with Gasteiger partial charge in [0.05, 0.1) is 12.0 Å². The second-order valence-electron chi connectivity index (χ2n) is 2.83. The SMILES string of the molecule is CSCC(C)(CC(=O)O)NC=O. The Morgan fingerprint density at radius 3 is 2.67 bits per heavy atom. The van der Waals surface area contributed by atoms with Gasteiger partial charge >= 0.3 is 5.97 Å². The highest BCUT2D eigenvalue weighted by Crippen LogP contribution is 2.14. The van der Waals surface area contributed by atoms with E-state index in [4.69, 9.17) is 5.11 Å². The van der Waals surface area contributed by atoms with Crippen LogP contribution in [0.5, 0.6) is 0 Å². The Morgan fingerprint density at radius 1 is 1.75 bits per heavy atom. The van der Waals surface area contributed by atoms with Gasteiger partial charge in [-0.25, -0.2) is 0 Å². The molecular formula is C7H13NO3S. The van der Waals surface area contributed by atoms with E-state index in [1.165, 1.54) is 11.8 Å². The largest absolute Gasteiger partial charge is 0.481 e. The minimum absolute atomic E-state index is 0.0490. The molecule has 0 aliphatic carbocycles. The third-order valence-electron chi connectivity index (χ3n) is 1.41. The van der Waals surface area contributed by atoms with Crippen LogP contribution in [0, 0.1) is 0 Å². The lowest BCUT2D eigenvalue weighted by Gasteiger charge is -2.25. The monoisotopic (exact) mass is 191 g/mol. The summed E-state index contributed by atoms with van der Waals surface area (Å²) >= 11 is 1.51. The standard InChI is InChI=1S/C7H13NO3S/c1-7(4-12-2,8-5-9)3-6(10)11/h5H,3-4H2,1-2H3,(H,8,9)(H,10,11). The Hall–Kier alpha value is -0.710. The van der Waals surface area contributed by atoms with Gasteiger partial charge < -0.3 is 10.4 Å². The molecule has 0 rings (SSSR count). The topological polar surface area (TPSA) is 66.4 Å². The summed E-state index contributed by atoms with van der Waals surface area (Å²) in [6.07, 6.45) is 2.36. The van der Waals surface area contributed by atoms with Crippen LogP contribution in [0.25, 0.3) is 0 Å². The van der Waals surface area contributed by atoms with E-state index >= 15 is 0 Å². The molecule has 0 aromatic heterocycles. The molecule has 0 heterocycles. The molecule has 0 spiro atoms. The third kappa shape index (κ3) is 4.23. The van der Waals surface area contributed by atoms with Crippen LogP contribution in [0.4, 0.5) is 0 Å². The van der Waals surface area contributed by atoms with E-state index in [1.807, 2.05) is 6.26 Å². The van der Waals surface area contributed by atoms with Crippen molar-refractivity contribution in [2.75, 3.05) is 12.0 Å². The molecular weight excluding hydrogens is 178 g/mol. The molecule has 5 heteroatoms. The molecule has 1 atom stereocenters. The number of carboxylic acid groups (broad SMARTS) is 1. The number of nitrogens with one attached hydrogen (secondary N) is 1. The molecule has 0 aromatic carbocycles. The molecule has 0 bridgehead atoms.